The highest BCUT2D eigenvalue weighted by Gasteiger charge is 2.08. The summed E-state index contributed by atoms with van der Waals surface area (Å²) in [5, 5.41) is 3.95. The number of aryl methyl sites for hydroxylation is 3. The lowest BCUT2D eigenvalue weighted by atomic mass is 10.1. The predicted molar refractivity (Wildman–Crippen MR) is 129 cm³/mol. The number of carbonyl (C=O) groups excluding carboxylic acids is 1. The van der Waals surface area contributed by atoms with Gasteiger partial charge in [0.2, 0.25) is 5.91 Å². The molecule has 0 saturated heterocycles. The number of rotatable bonds is 7. The Bertz CT molecular complexity index is 1210. The van der Waals surface area contributed by atoms with Crippen molar-refractivity contribution in [1.29, 1.82) is 0 Å². The molecule has 0 fully saturated rings. The van der Waals surface area contributed by atoms with E-state index < -0.39 is 0 Å². The fourth-order valence-electron chi connectivity index (χ4n) is 3.45. The van der Waals surface area contributed by atoms with E-state index in [0.717, 1.165) is 33.1 Å². The molecule has 4 rings (SSSR count). The fraction of sp³-hybridized carbons (Fsp3) is 0.231. The number of ether oxygens (including phenoxy) is 1. The van der Waals surface area contributed by atoms with Gasteiger partial charge < -0.3 is 10.1 Å². The van der Waals surface area contributed by atoms with Gasteiger partial charge in [0.25, 0.3) is 0 Å². The van der Waals surface area contributed by atoms with Crippen LogP contribution in [0.4, 0.5) is 5.69 Å². The molecule has 31 heavy (non-hydrogen) atoms. The summed E-state index contributed by atoms with van der Waals surface area (Å²) < 4.78 is 6.99. The number of hydrogen-bond acceptors (Lipinski definition) is 4. The van der Waals surface area contributed by atoms with Crippen molar-refractivity contribution in [1.82, 2.24) is 4.98 Å². The van der Waals surface area contributed by atoms with Gasteiger partial charge in [-0.15, -0.1) is 11.3 Å². The zero-order chi connectivity index (χ0) is 21.8. The molecule has 0 bridgehead atoms. The summed E-state index contributed by atoms with van der Waals surface area (Å²) >= 11 is 1.69. The van der Waals surface area contributed by atoms with Crippen LogP contribution >= 0.6 is 11.3 Å². The van der Waals surface area contributed by atoms with Crippen molar-refractivity contribution in [3.8, 4) is 16.3 Å². The Morgan fingerprint density at radius 1 is 0.968 bits per heavy atom. The molecule has 0 aliphatic heterocycles. The Labute approximate surface area is 186 Å². The Balaban J connectivity index is 1.28. The molecule has 0 radical (unpaired) electrons. The molecule has 0 atom stereocenters. The Morgan fingerprint density at radius 3 is 2.48 bits per heavy atom. The number of benzene rings is 3. The smallest absolute Gasteiger partial charge is 0.224 e. The number of nitrogens with zero attached hydrogens (tertiary/aromatic N) is 1. The molecule has 0 saturated carbocycles. The van der Waals surface area contributed by atoms with Gasteiger partial charge in [0.15, 0.2) is 0 Å². The molecule has 1 heterocycles. The fourth-order valence-corrected chi connectivity index (χ4v) is 4.52. The SMILES string of the molecule is Cc1ccc(OCCCC(=O)Nc2ccc(-c3nc4ccc(C)cc4s3)cc2)c(C)c1. The van der Waals surface area contributed by atoms with Gasteiger partial charge in [0.05, 0.1) is 16.8 Å². The van der Waals surface area contributed by atoms with Gasteiger partial charge in [-0.2, -0.15) is 0 Å². The van der Waals surface area contributed by atoms with E-state index >= 15 is 0 Å². The van der Waals surface area contributed by atoms with Crippen molar-refractivity contribution in [3.05, 3.63) is 77.4 Å². The van der Waals surface area contributed by atoms with E-state index in [0.29, 0.717) is 19.4 Å². The minimum atomic E-state index is -0.00700. The molecule has 3 aromatic carbocycles. The van der Waals surface area contributed by atoms with Gasteiger partial charge in [0.1, 0.15) is 10.8 Å². The number of fused-ring (bicyclic) bond motifs is 1. The largest absolute Gasteiger partial charge is 0.493 e. The van der Waals surface area contributed by atoms with Crippen LogP contribution in [0.1, 0.15) is 29.5 Å². The zero-order valence-electron chi connectivity index (χ0n) is 18.1. The molecule has 0 aliphatic rings. The first kappa shape index (κ1) is 21.1. The van der Waals surface area contributed by atoms with Crippen molar-refractivity contribution in [3.63, 3.8) is 0 Å². The maximum atomic E-state index is 12.3. The first-order valence-electron chi connectivity index (χ1n) is 10.5. The van der Waals surface area contributed by atoms with Gasteiger partial charge in [0, 0.05) is 17.7 Å². The van der Waals surface area contributed by atoms with Crippen LogP contribution in [-0.4, -0.2) is 17.5 Å². The number of hydrogen-bond donors (Lipinski definition) is 1. The van der Waals surface area contributed by atoms with Crippen molar-refractivity contribution >= 4 is 33.1 Å². The minimum absolute atomic E-state index is 0.00700. The Hall–Kier alpha value is -3.18. The lowest BCUT2D eigenvalue weighted by molar-refractivity contribution is -0.116. The molecule has 0 aliphatic carbocycles. The normalized spacial score (nSPS) is 10.9. The number of carbonyl (C=O) groups is 1. The summed E-state index contributed by atoms with van der Waals surface area (Å²) in [6, 6.07) is 20.3. The van der Waals surface area contributed by atoms with Gasteiger partial charge in [-0.1, -0.05) is 23.8 Å². The Kier molecular flexibility index (Phi) is 6.33. The molecule has 4 aromatic rings. The zero-order valence-corrected chi connectivity index (χ0v) is 18.9. The lowest BCUT2D eigenvalue weighted by Crippen LogP contribution is -2.12. The molecule has 4 nitrogen and oxygen atoms in total. The first-order valence-corrected chi connectivity index (χ1v) is 11.3. The summed E-state index contributed by atoms with van der Waals surface area (Å²) in [7, 11) is 0. The van der Waals surface area contributed by atoms with Crippen molar-refractivity contribution < 1.29 is 9.53 Å². The van der Waals surface area contributed by atoms with Crippen LogP contribution < -0.4 is 10.1 Å². The van der Waals surface area contributed by atoms with E-state index in [4.69, 9.17) is 9.72 Å². The summed E-state index contributed by atoms with van der Waals surface area (Å²) in [5.41, 5.74) is 6.44. The molecule has 0 unspecified atom stereocenters. The number of nitrogens with one attached hydrogen (secondary N) is 1. The average molecular weight is 431 g/mol. The number of aromatic nitrogens is 1. The summed E-state index contributed by atoms with van der Waals surface area (Å²) in [6.07, 6.45) is 1.09. The summed E-state index contributed by atoms with van der Waals surface area (Å²) in [5.74, 6) is 0.874. The van der Waals surface area contributed by atoms with E-state index in [1.807, 2.05) is 43.3 Å². The van der Waals surface area contributed by atoms with E-state index in [2.05, 4.69) is 43.4 Å². The van der Waals surface area contributed by atoms with E-state index in [9.17, 15) is 4.79 Å². The van der Waals surface area contributed by atoms with Crippen LogP contribution in [-0.2, 0) is 4.79 Å². The van der Waals surface area contributed by atoms with Gasteiger partial charge >= 0.3 is 0 Å². The van der Waals surface area contributed by atoms with Crippen molar-refractivity contribution in [2.24, 2.45) is 0 Å². The van der Waals surface area contributed by atoms with Crippen LogP contribution in [0.5, 0.6) is 5.75 Å². The second kappa shape index (κ2) is 9.31. The average Bonchev–Trinajstić information content (AvgIpc) is 3.16. The summed E-state index contributed by atoms with van der Waals surface area (Å²) in [6.45, 7) is 6.71. The van der Waals surface area contributed by atoms with Crippen LogP contribution in [0.15, 0.2) is 60.7 Å². The molecular weight excluding hydrogens is 404 g/mol. The monoisotopic (exact) mass is 430 g/mol. The number of amides is 1. The third kappa shape index (κ3) is 5.30. The lowest BCUT2D eigenvalue weighted by Gasteiger charge is -2.10. The molecule has 1 aromatic heterocycles. The quantitative estimate of drug-likeness (QED) is 0.332. The van der Waals surface area contributed by atoms with Crippen LogP contribution in [0.2, 0.25) is 0 Å². The molecule has 0 spiro atoms. The van der Waals surface area contributed by atoms with Crippen molar-refractivity contribution in [2.75, 3.05) is 11.9 Å². The Morgan fingerprint density at radius 2 is 1.71 bits per heavy atom. The highest BCUT2D eigenvalue weighted by Crippen LogP contribution is 2.31. The maximum Gasteiger partial charge on any atom is 0.224 e. The van der Waals surface area contributed by atoms with Gasteiger partial charge in [-0.05, 0) is 80.8 Å². The first-order chi connectivity index (χ1) is 15.0. The highest BCUT2D eigenvalue weighted by molar-refractivity contribution is 7.21. The summed E-state index contributed by atoms with van der Waals surface area (Å²) in [4.78, 5) is 17.0. The maximum absolute atomic E-state index is 12.3. The van der Waals surface area contributed by atoms with Gasteiger partial charge in [-0.25, -0.2) is 4.98 Å². The molecule has 158 valence electrons. The molecule has 1 N–H and O–H groups in total. The van der Waals surface area contributed by atoms with Crippen LogP contribution in [0.25, 0.3) is 20.8 Å². The van der Waals surface area contributed by atoms with E-state index in [1.165, 1.54) is 15.8 Å². The van der Waals surface area contributed by atoms with Gasteiger partial charge in [-0.3, -0.25) is 4.79 Å². The van der Waals surface area contributed by atoms with E-state index in [1.54, 1.807) is 11.3 Å². The van der Waals surface area contributed by atoms with Crippen LogP contribution in [0.3, 0.4) is 0 Å². The second-order valence-electron chi connectivity index (χ2n) is 7.84. The molecular formula is C26H26N2O2S. The molecule has 1 amide bonds. The predicted octanol–water partition coefficient (Wildman–Crippen LogP) is 6.69. The topological polar surface area (TPSA) is 51.2 Å². The number of anilines is 1. The standard InChI is InChI=1S/C26H26N2O2S/c1-17-7-13-23(19(3)15-17)30-14-4-5-25(29)27-21-10-8-20(9-11-21)26-28-22-12-6-18(2)16-24(22)31-26/h6-13,15-16H,4-5,14H2,1-3H3,(H,27,29). The third-order valence-corrected chi connectivity index (χ3v) is 6.16. The second-order valence-corrected chi connectivity index (χ2v) is 8.87. The molecule has 5 heteroatoms. The third-order valence-electron chi connectivity index (χ3n) is 5.10. The minimum Gasteiger partial charge on any atom is -0.493 e. The highest BCUT2D eigenvalue weighted by atomic mass is 32.1. The van der Waals surface area contributed by atoms with E-state index in [-0.39, 0.29) is 5.91 Å². The number of thiazole rings is 1. The van der Waals surface area contributed by atoms with Crippen LogP contribution in [0, 0.1) is 20.8 Å². The van der Waals surface area contributed by atoms with Crippen molar-refractivity contribution in [2.45, 2.75) is 33.6 Å².